The molecule has 1 atom stereocenters. The zero-order chi connectivity index (χ0) is 17.8. The third-order valence-corrected chi connectivity index (χ3v) is 4.36. The minimum absolute atomic E-state index is 0.0223. The first-order chi connectivity index (χ1) is 12.1. The average molecular weight is 339 g/mol. The van der Waals surface area contributed by atoms with E-state index in [9.17, 15) is 9.50 Å². The van der Waals surface area contributed by atoms with E-state index in [1.807, 2.05) is 42.0 Å². The van der Waals surface area contributed by atoms with Crippen LogP contribution >= 0.6 is 0 Å². The molecule has 1 aromatic heterocycles. The third kappa shape index (κ3) is 3.95. The van der Waals surface area contributed by atoms with Crippen molar-refractivity contribution in [2.24, 2.45) is 0 Å². The van der Waals surface area contributed by atoms with E-state index >= 15 is 0 Å². The number of benzene rings is 2. The lowest BCUT2D eigenvalue weighted by molar-refractivity contribution is 0.281. The Morgan fingerprint density at radius 3 is 2.80 bits per heavy atom. The van der Waals surface area contributed by atoms with E-state index in [1.165, 1.54) is 6.07 Å². The molecule has 25 heavy (non-hydrogen) atoms. The Bertz CT molecular complexity index is 860. The standard InChI is InChI=1S/C20H22FN3O/c1-14(17-5-3-4-16(10-17)13-25)23-12-18-11-19(21)6-7-20(18)24-9-8-22-15(24)2/h3-11,14,23,25H,12-13H2,1-2H3/t14-/m0/s1. The molecule has 0 fully saturated rings. The number of halogens is 1. The second-order valence-electron chi connectivity index (χ2n) is 6.12. The highest BCUT2D eigenvalue weighted by molar-refractivity contribution is 5.42. The summed E-state index contributed by atoms with van der Waals surface area (Å²) in [6.45, 7) is 4.52. The summed E-state index contributed by atoms with van der Waals surface area (Å²) in [5.41, 5.74) is 3.75. The largest absolute Gasteiger partial charge is 0.392 e. The molecule has 0 radical (unpaired) electrons. The first kappa shape index (κ1) is 17.3. The maximum atomic E-state index is 13.8. The lowest BCUT2D eigenvalue weighted by atomic mass is 10.0. The maximum absolute atomic E-state index is 13.8. The Balaban J connectivity index is 1.81. The monoisotopic (exact) mass is 339 g/mol. The quantitative estimate of drug-likeness (QED) is 0.720. The van der Waals surface area contributed by atoms with E-state index in [2.05, 4.69) is 17.2 Å². The van der Waals surface area contributed by atoms with Crippen LogP contribution in [0, 0.1) is 12.7 Å². The van der Waals surface area contributed by atoms with Crippen LogP contribution in [0.5, 0.6) is 0 Å². The van der Waals surface area contributed by atoms with Gasteiger partial charge in [-0.1, -0.05) is 24.3 Å². The van der Waals surface area contributed by atoms with Crippen LogP contribution in [0.1, 0.15) is 35.5 Å². The number of aliphatic hydroxyl groups is 1. The van der Waals surface area contributed by atoms with Gasteiger partial charge in [-0.2, -0.15) is 0 Å². The summed E-state index contributed by atoms with van der Waals surface area (Å²) in [6.07, 6.45) is 3.61. The summed E-state index contributed by atoms with van der Waals surface area (Å²) in [6, 6.07) is 12.7. The fourth-order valence-electron chi connectivity index (χ4n) is 2.90. The number of imidazole rings is 1. The number of rotatable bonds is 6. The average Bonchev–Trinajstić information content (AvgIpc) is 3.05. The van der Waals surface area contributed by atoms with Crippen LogP contribution in [-0.4, -0.2) is 14.7 Å². The van der Waals surface area contributed by atoms with E-state index in [0.29, 0.717) is 6.54 Å². The smallest absolute Gasteiger partial charge is 0.123 e. The van der Waals surface area contributed by atoms with Crippen LogP contribution < -0.4 is 5.32 Å². The molecule has 0 spiro atoms. The molecular formula is C20H22FN3O. The molecule has 3 aromatic rings. The molecule has 0 amide bonds. The number of hydrogen-bond donors (Lipinski definition) is 2. The molecule has 0 aliphatic carbocycles. The zero-order valence-corrected chi connectivity index (χ0v) is 14.4. The number of hydrogen-bond acceptors (Lipinski definition) is 3. The normalized spacial score (nSPS) is 12.3. The van der Waals surface area contributed by atoms with Gasteiger partial charge in [0, 0.05) is 25.0 Å². The van der Waals surface area contributed by atoms with Crippen LogP contribution in [-0.2, 0) is 13.2 Å². The van der Waals surface area contributed by atoms with Gasteiger partial charge in [0.05, 0.1) is 12.3 Å². The number of aliphatic hydroxyl groups excluding tert-OH is 1. The van der Waals surface area contributed by atoms with Gasteiger partial charge in [-0.25, -0.2) is 9.37 Å². The van der Waals surface area contributed by atoms with Crippen molar-refractivity contribution >= 4 is 0 Å². The van der Waals surface area contributed by atoms with Crippen LogP contribution in [0.2, 0.25) is 0 Å². The van der Waals surface area contributed by atoms with Crippen LogP contribution in [0.15, 0.2) is 54.9 Å². The Labute approximate surface area is 147 Å². The Morgan fingerprint density at radius 1 is 1.24 bits per heavy atom. The van der Waals surface area contributed by atoms with Gasteiger partial charge >= 0.3 is 0 Å². The summed E-state index contributed by atoms with van der Waals surface area (Å²) in [5.74, 6) is 0.602. The highest BCUT2D eigenvalue weighted by atomic mass is 19.1. The number of aromatic nitrogens is 2. The third-order valence-electron chi connectivity index (χ3n) is 4.36. The topological polar surface area (TPSA) is 50.1 Å². The SMILES string of the molecule is Cc1nccn1-c1ccc(F)cc1CN[C@@H](C)c1cccc(CO)c1. The van der Waals surface area contributed by atoms with Gasteiger partial charge in [0.2, 0.25) is 0 Å². The summed E-state index contributed by atoms with van der Waals surface area (Å²) in [4.78, 5) is 4.24. The highest BCUT2D eigenvalue weighted by Gasteiger charge is 2.11. The minimum atomic E-state index is -0.256. The fraction of sp³-hybridized carbons (Fsp3) is 0.250. The van der Waals surface area contributed by atoms with Crippen molar-refractivity contribution in [2.45, 2.75) is 33.0 Å². The van der Waals surface area contributed by atoms with Gasteiger partial charge in [0.25, 0.3) is 0 Å². The molecular weight excluding hydrogens is 317 g/mol. The van der Waals surface area contributed by atoms with E-state index in [0.717, 1.165) is 28.2 Å². The van der Waals surface area contributed by atoms with Crippen LogP contribution in [0.25, 0.3) is 5.69 Å². The molecule has 0 unspecified atom stereocenters. The molecule has 2 aromatic carbocycles. The highest BCUT2D eigenvalue weighted by Crippen LogP contribution is 2.20. The molecule has 0 saturated carbocycles. The predicted molar refractivity (Wildman–Crippen MR) is 95.9 cm³/mol. The molecule has 5 heteroatoms. The molecule has 130 valence electrons. The van der Waals surface area contributed by atoms with E-state index in [1.54, 1.807) is 18.3 Å². The predicted octanol–water partition coefficient (Wildman–Crippen LogP) is 3.66. The molecule has 4 nitrogen and oxygen atoms in total. The first-order valence-corrected chi connectivity index (χ1v) is 8.30. The molecule has 0 aliphatic rings. The van der Waals surface area contributed by atoms with Crippen molar-refractivity contribution in [3.8, 4) is 5.69 Å². The summed E-state index contributed by atoms with van der Waals surface area (Å²) in [7, 11) is 0. The van der Waals surface area contributed by atoms with E-state index in [4.69, 9.17) is 0 Å². The molecule has 1 heterocycles. The lowest BCUT2D eigenvalue weighted by Crippen LogP contribution is -2.19. The van der Waals surface area contributed by atoms with Gasteiger partial charge in [-0.05, 0) is 48.7 Å². The number of aryl methyl sites for hydroxylation is 1. The van der Waals surface area contributed by atoms with Crippen molar-refractivity contribution in [3.05, 3.63) is 83.2 Å². The van der Waals surface area contributed by atoms with E-state index < -0.39 is 0 Å². The van der Waals surface area contributed by atoms with Gasteiger partial charge in [-0.15, -0.1) is 0 Å². The summed E-state index contributed by atoms with van der Waals surface area (Å²) >= 11 is 0. The zero-order valence-electron chi connectivity index (χ0n) is 14.4. The maximum Gasteiger partial charge on any atom is 0.123 e. The van der Waals surface area contributed by atoms with Crippen molar-refractivity contribution in [2.75, 3.05) is 0 Å². The number of nitrogens with zero attached hydrogens (tertiary/aromatic N) is 2. The van der Waals surface area contributed by atoms with Crippen molar-refractivity contribution < 1.29 is 9.50 Å². The Morgan fingerprint density at radius 2 is 2.08 bits per heavy atom. The van der Waals surface area contributed by atoms with Gasteiger partial charge in [0.1, 0.15) is 11.6 Å². The van der Waals surface area contributed by atoms with Gasteiger partial charge < -0.3 is 15.0 Å². The van der Waals surface area contributed by atoms with E-state index in [-0.39, 0.29) is 18.5 Å². The van der Waals surface area contributed by atoms with Crippen LogP contribution in [0.4, 0.5) is 4.39 Å². The van der Waals surface area contributed by atoms with Crippen molar-refractivity contribution in [1.29, 1.82) is 0 Å². The van der Waals surface area contributed by atoms with Gasteiger partial charge in [-0.3, -0.25) is 0 Å². The Kier molecular flexibility index (Phi) is 5.26. The molecule has 0 aliphatic heterocycles. The molecule has 3 rings (SSSR count). The Hall–Kier alpha value is -2.50. The minimum Gasteiger partial charge on any atom is -0.392 e. The first-order valence-electron chi connectivity index (χ1n) is 8.30. The van der Waals surface area contributed by atoms with Gasteiger partial charge in [0.15, 0.2) is 0 Å². The molecule has 0 saturated heterocycles. The second-order valence-corrected chi connectivity index (χ2v) is 6.12. The molecule has 2 N–H and O–H groups in total. The lowest BCUT2D eigenvalue weighted by Gasteiger charge is -2.18. The van der Waals surface area contributed by atoms with Crippen molar-refractivity contribution in [1.82, 2.24) is 14.9 Å². The number of nitrogens with one attached hydrogen (secondary N) is 1. The van der Waals surface area contributed by atoms with Crippen LogP contribution in [0.3, 0.4) is 0 Å². The fourth-order valence-corrected chi connectivity index (χ4v) is 2.90. The second kappa shape index (κ2) is 7.59. The van der Waals surface area contributed by atoms with Crippen molar-refractivity contribution in [3.63, 3.8) is 0 Å². The summed E-state index contributed by atoms with van der Waals surface area (Å²) in [5, 5.41) is 12.7. The molecule has 0 bridgehead atoms. The summed E-state index contributed by atoms with van der Waals surface area (Å²) < 4.78 is 15.7.